The molecule has 1 aliphatic rings. The van der Waals surface area contributed by atoms with Crippen molar-refractivity contribution in [3.63, 3.8) is 0 Å². The molecule has 1 aliphatic heterocycles. The van der Waals surface area contributed by atoms with E-state index in [0.29, 0.717) is 17.4 Å². The number of piperidine rings is 1. The Hall–Kier alpha value is -1.40. The average Bonchev–Trinajstić information content (AvgIpc) is 2.45. The topological polar surface area (TPSA) is 75.3 Å². The standard InChI is InChI=1S/C15H22N2O3S/c1-11-4-3-9-16-14(11)15(18)17-10-12-5-7-13(8-6-12)21(2,19)20/h5-8,11,14,16H,3-4,9-10H2,1-2H3,(H,17,18). The van der Waals surface area contributed by atoms with E-state index in [0.717, 1.165) is 24.9 Å². The van der Waals surface area contributed by atoms with E-state index in [1.165, 1.54) is 6.26 Å². The Bertz CT molecular complexity index is 596. The van der Waals surface area contributed by atoms with Gasteiger partial charge in [-0.05, 0) is 43.0 Å². The molecule has 1 aromatic carbocycles. The molecule has 2 rings (SSSR count). The van der Waals surface area contributed by atoms with Crippen LogP contribution in [0.2, 0.25) is 0 Å². The van der Waals surface area contributed by atoms with Gasteiger partial charge in [-0.2, -0.15) is 0 Å². The minimum atomic E-state index is -3.17. The van der Waals surface area contributed by atoms with Crippen molar-refractivity contribution in [2.45, 2.75) is 37.2 Å². The summed E-state index contributed by atoms with van der Waals surface area (Å²) in [7, 11) is -3.17. The monoisotopic (exact) mass is 310 g/mol. The number of sulfone groups is 1. The van der Waals surface area contributed by atoms with Gasteiger partial charge in [0.1, 0.15) is 0 Å². The maximum absolute atomic E-state index is 12.1. The van der Waals surface area contributed by atoms with Crippen LogP contribution >= 0.6 is 0 Å². The van der Waals surface area contributed by atoms with Crippen LogP contribution in [-0.2, 0) is 21.2 Å². The molecule has 5 nitrogen and oxygen atoms in total. The molecule has 0 aromatic heterocycles. The van der Waals surface area contributed by atoms with Gasteiger partial charge in [0.05, 0.1) is 10.9 Å². The van der Waals surface area contributed by atoms with E-state index in [2.05, 4.69) is 17.6 Å². The molecule has 21 heavy (non-hydrogen) atoms. The summed E-state index contributed by atoms with van der Waals surface area (Å²) in [6, 6.07) is 6.47. The molecule has 1 aromatic rings. The lowest BCUT2D eigenvalue weighted by molar-refractivity contribution is -0.125. The van der Waals surface area contributed by atoms with Crippen LogP contribution in [0.15, 0.2) is 29.2 Å². The number of hydrogen-bond donors (Lipinski definition) is 2. The molecule has 1 saturated heterocycles. The number of carbonyl (C=O) groups excluding carboxylic acids is 1. The van der Waals surface area contributed by atoms with Crippen LogP contribution in [0, 0.1) is 5.92 Å². The Morgan fingerprint density at radius 3 is 2.57 bits per heavy atom. The zero-order valence-corrected chi connectivity index (χ0v) is 13.2. The van der Waals surface area contributed by atoms with Gasteiger partial charge in [0, 0.05) is 12.8 Å². The van der Waals surface area contributed by atoms with Crippen LogP contribution in [0.25, 0.3) is 0 Å². The molecule has 6 heteroatoms. The molecule has 1 heterocycles. The Labute approximate surface area is 126 Å². The summed E-state index contributed by atoms with van der Waals surface area (Å²) in [6.07, 6.45) is 3.35. The summed E-state index contributed by atoms with van der Waals surface area (Å²) in [6.45, 7) is 3.37. The van der Waals surface area contributed by atoms with Gasteiger partial charge in [-0.3, -0.25) is 4.79 Å². The highest BCUT2D eigenvalue weighted by molar-refractivity contribution is 7.90. The molecular weight excluding hydrogens is 288 g/mol. The van der Waals surface area contributed by atoms with Gasteiger partial charge in [0.15, 0.2) is 9.84 Å². The van der Waals surface area contributed by atoms with E-state index >= 15 is 0 Å². The molecule has 2 unspecified atom stereocenters. The van der Waals surface area contributed by atoms with Crippen molar-refractivity contribution in [1.29, 1.82) is 0 Å². The first-order chi connectivity index (χ1) is 9.88. The molecule has 2 atom stereocenters. The average molecular weight is 310 g/mol. The van der Waals surface area contributed by atoms with E-state index in [1.807, 2.05) is 0 Å². The summed E-state index contributed by atoms with van der Waals surface area (Å²) in [4.78, 5) is 12.4. The molecule has 0 aliphatic carbocycles. The second-order valence-corrected chi connectivity index (χ2v) is 7.70. The fourth-order valence-electron chi connectivity index (χ4n) is 2.55. The van der Waals surface area contributed by atoms with Gasteiger partial charge < -0.3 is 10.6 Å². The minimum absolute atomic E-state index is 0.00869. The molecule has 116 valence electrons. The van der Waals surface area contributed by atoms with Gasteiger partial charge in [0.25, 0.3) is 0 Å². The number of amides is 1. The molecule has 0 saturated carbocycles. The van der Waals surface area contributed by atoms with Gasteiger partial charge in [-0.1, -0.05) is 19.1 Å². The van der Waals surface area contributed by atoms with Gasteiger partial charge in [0.2, 0.25) is 5.91 Å². The van der Waals surface area contributed by atoms with E-state index in [9.17, 15) is 13.2 Å². The second kappa shape index (κ2) is 6.58. The third kappa shape index (κ3) is 4.28. The lowest BCUT2D eigenvalue weighted by atomic mass is 9.92. The lowest BCUT2D eigenvalue weighted by Gasteiger charge is -2.28. The summed E-state index contributed by atoms with van der Waals surface area (Å²) < 4.78 is 22.7. The van der Waals surface area contributed by atoms with Crippen LogP contribution in [0.1, 0.15) is 25.3 Å². The highest BCUT2D eigenvalue weighted by Gasteiger charge is 2.26. The zero-order chi connectivity index (χ0) is 15.5. The van der Waals surface area contributed by atoms with E-state index < -0.39 is 9.84 Å². The van der Waals surface area contributed by atoms with E-state index in [4.69, 9.17) is 0 Å². The summed E-state index contributed by atoms with van der Waals surface area (Å²) in [5.41, 5.74) is 0.888. The van der Waals surface area contributed by atoms with Crippen molar-refractivity contribution < 1.29 is 13.2 Å². The number of nitrogens with one attached hydrogen (secondary N) is 2. The van der Waals surface area contributed by atoms with Crippen molar-refractivity contribution in [1.82, 2.24) is 10.6 Å². The molecule has 1 fully saturated rings. The number of rotatable bonds is 4. The van der Waals surface area contributed by atoms with Crippen molar-refractivity contribution in [3.05, 3.63) is 29.8 Å². The van der Waals surface area contributed by atoms with Crippen LogP contribution in [0.4, 0.5) is 0 Å². The predicted molar refractivity (Wildman–Crippen MR) is 81.6 cm³/mol. The summed E-state index contributed by atoms with van der Waals surface area (Å²) in [5.74, 6) is 0.348. The first-order valence-electron chi connectivity index (χ1n) is 7.18. The highest BCUT2D eigenvalue weighted by Crippen LogP contribution is 2.16. The largest absolute Gasteiger partial charge is 0.351 e. The van der Waals surface area contributed by atoms with Crippen molar-refractivity contribution in [3.8, 4) is 0 Å². The minimum Gasteiger partial charge on any atom is -0.351 e. The van der Waals surface area contributed by atoms with Crippen molar-refractivity contribution in [2.75, 3.05) is 12.8 Å². The van der Waals surface area contributed by atoms with Gasteiger partial charge in [-0.25, -0.2) is 8.42 Å². The van der Waals surface area contributed by atoms with Crippen molar-refractivity contribution >= 4 is 15.7 Å². The van der Waals surface area contributed by atoms with Crippen LogP contribution in [0.5, 0.6) is 0 Å². The smallest absolute Gasteiger partial charge is 0.237 e. The second-order valence-electron chi connectivity index (χ2n) is 5.69. The van der Waals surface area contributed by atoms with Crippen LogP contribution in [0.3, 0.4) is 0 Å². The van der Waals surface area contributed by atoms with E-state index in [-0.39, 0.29) is 11.9 Å². The highest BCUT2D eigenvalue weighted by atomic mass is 32.2. The van der Waals surface area contributed by atoms with Crippen LogP contribution in [-0.4, -0.2) is 33.2 Å². The van der Waals surface area contributed by atoms with E-state index in [1.54, 1.807) is 24.3 Å². The van der Waals surface area contributed by atoms with Gasteiger partial charge in [-0.15, -0.1) is 0 Å². The summed E-state index contributed by atoms with van der Waals surface area (Å²) >= 11 is 0. The SMILES string of the molecule is CC1CCCNC1C(=O)NCc1ccc(S(C)(=O)=O)cc1. The summed E-state index contributed by atoms with van der Waals surface area (Å²) in [5, 5.41) is 6.15. The fraction of sp³-hybridized carbons (Fsp3) is 0.533. The maximum Gasteiger partial charge on any atom is 0.237 e. The molecule has 0 bridgehead atoms. The number of hydrogen-bond acceptors (Lipinski definition) is 4. The number of carbonyl (C=O) groups is 1. The number of benzene rings is 1. The predicted octanol–water partition coefficient (Wildman–Crippen LogP) is 1.09. The first kappa shape index (κ1) is 16.0. The zero-order valence-electron chi connectivity index (χ0n) is 12.4. The normalized spacial score (nSPS) is 22.8. The Kier molecular flexibility index (Phi) is 5.00. The van der Waals surface area contributed by atoms with Gasteiger partial charge >= 0.3 is 0 Å². The Morgan fingerprint density at radius 2 is 2.00 bits per heavy atom. The maximum atomic E-state index is 12.1. The molecule has 0 radical (unpaired) electrons. The molecular formula is C15H22N2O3S. The third-order valence-corrected chi connectivity index (χ3v) is 5.00. The molecule has 0 spiro atoms. The third-order valence-electron chi connectivity index (χ3n) is 3.87. The lowest BCUT2D eigenvalue weighted by Crippen LogP contribution is -2.50. The Morgan fingerprint density at radius 1 is 1.33 bits per heavy atom. The van der Waals surface area contributed by atoms with Crippen LogP contribution < -0.4 is 10.6 Å². The quantitative estimate of drug-likeness (QED) is 0.873. The fourth-order valence-corrected chi connectivity index (χ4v) is 3.18. The van der Waals surface area contributed by atoms with Crippen molar-refractivity contribution in [2.24, 2.45) is 5.92 Å². The first-order valence-corrected chi connectivity index (χ1v) is 9.07. The molecule has 2 N–H and O–H groups in total. The molecule has 1 amide bonds. The Balaban J connectivity index is 1.92.